The zero-order valence-corrected chi connectivity index (χ0v) is 6.09. The molecule has 0 rings (SSSR count). The molecular formula is C5H2F8O. The molecule has 0 atom stereocenters. The van der Waals surface area contributed by atoms with Gasteiger partial charge in [0.15, 0.2) is 0 Å². The summed E-state index contributed by atoms with van der Waals surface area (Å²) in [7, 11) is 0. The van der Waals surface area contributed by atoms with Crippen LogP contribution in [0.3, 0.4) is 0 Å². The first-order valence-electron chi connectivity index (χ1n) is 2.84. The SMILES string of the molecule is F/C(=C\OC(F)(F)C(F)F)C(F)(F)F. The summed E-state index contributed by atoms with van der Waals surface area (Å²) in [5, 5.41) is 0. The maximum atomic E-state index is 11.7. The third-order valence-corrected chi connectivity index (χ3v) is 0.844. The minimum absolute atomic E-state index is 1.11. The van der Waals surface area contributed by atoms with Crippen LogP contribution in [0.1, 0.15) is 0 Å². The second kappa shape index (κ2) is 4.01. The van der Waals surface area contributed by atoms with Crippen molar-refractivity contribution in [2.45, 2.75) is 18.7 Å². The zero-order chi connectivity index (χ0) is 11.6. The van der Waals surface area contributed by atoms with Crippen LogP contribution in [-0.4, -0.2) is 18.7 Å². The predicted molar refractivity (Wildman–Crippen MR) is 27.3 cm³/mol. The van der Waals surface area contributed by atoms with Gasteiger partial charge in [-0.2, -0.15) is 35.1 Å². The van der Waals surface area contributed by atoms with Crippen LogP contribution in [0.25, 0.3) is 0 Å². The van der Waals surface area contributed by atoms with Crippen LogP contribution in [0.2, 0.25) is 0 Å². The van der Waals surface area contributed by atoms with Gasteiger partial charge < -0.3 is 4.74 Å². The molecule has 84 valence electrons. The van der Waals surface area contributed by atoms with Crippen LogP contribution < -0.4 is 0 Å². The molecule has 0 saturated carbocycles. The van der Waals surface area contributed by atoms with Gasteiger partial charge in [0.1, 0.15) is 6.26 Å². The first-order chi connectivity index (χ1) is 6.07. The predicted octanol–water partition coefficient (Wildman–Crippen LogP) is 3.23. The molecule has 0 N–H and O–H groups in total. The molecule has 0 aliphatic carbocycles. The highest BCUT2D eigenvalue weighted by molar-refractivity contribution is 4.94. The van der Waals surface area contributed by atoms with Gasteiger partial charge in [0.25, 0.3) is 0 Å². The lowest BCUT2D eigenvalue weighted by Crippen LogP contribution is -2.28. The molecule has 0 saturated heterocycles. The Balaban J connectivity index is 4.44. The minimum atomic E-state index is -5.54. The highest BCUT2D eigenvalue weighted by atomic mass is 19.4. The Hall–Kier alpha value is -1.02. The largest absolute Gasteiger partial charge is 0.460 e. The van der Waals surface area contributed by atoms with E-state index >= 15 is 0 Å². The maximum absolute atomic E-state index is 11.7. The fraction of sp³-hybridized carbons (Fsp3) is 0.600. The monoisotopic (exact) mass is 230 g/mol. The molecule has 0 amide bonds. The van der Waals surface area contributed by atoms with Gasteiger partial charge in [0, 0.05) is 0 Å². The Morgan fingerprint density at radius 1 is 1.07 bits per heavy atom. The van der Waals surface area contributed by atoms with E-state index in [1.165, 1.54) is 0 Å². The third kappa shape index (κ3) is 3.79. The van der Waals surface area contributed by atoms with Gasteiger partial charge in [0.05, 0.1) is 0 Å². The van der Waals surface area contributed by atoms with E-state index in [0.29, 0.717) is 0 Å². The quantitative estimate of drug-likeness (QED) is 0.534. The van der Waals surface area contributed by atoms with Crippen molar-refractivity contribution >= 4 is 0 Å². The molecule has 0 unspecified atom stereocenters. The molecule has 0 heterocycles. The van der Waals surface area contributed by atoms with Crippen molar-refractivity contribution in [2.75, 3.05) is 0 Å². The van der Waals surface area contributed by atoms with Crippen LogP contribution >= 0.6 is 0 Å². The molecule has 0 aliphatic rings. The normalized spacial score (nSPS) is 14.8. The summed E-state index contributed by atoms with van der Waals surface area (Å²) in [6.07, 6.45) is -16.1. The van der Waals surface area contributed by atoms with Crippen LogP contribution in [0, 0.1) is 0 Å². The van der Waals surface area contributed by atoms with Gasteiger partial charge in [-0.15, -0.1) is 0 Å². The Labute approximate surface area is 71.9 Å². The Morgan fingerprint density at radius 3 is 1.79 bits per heavy atom. The Bertz CT molecular complexity index is 216. The molecular weight excluding hydrogens is 228 g/mol. The Kier molecular flexibility index (Phi) is 3.72. The summed E-state index contributed by atoms with van der Waals surface area (Å²) < 4.78 is 94.2. The van der Waals surface area contributed by atoms with Gasteiger partial charge in [-0.05, 0) is 0 Å². The van der Waals surface area contributed by atoms with E-state index in [9.17, 15) is 35.1 Å². The summed E-state index contributed by atoms with van der Waals surface area (Å²) in [4.78, 5) is 0. The molecule has 0 spiro atoms. The molecule has 0 aromatic heterocycles. The van der Waals surface area contributed by atoms with Crippen molar-refractivity contribution in [3.63, 3.8) is 0 Å². The highest BCUT2D eigenvalue weighted by Crippen LogP contribution is 2.30. The van der Waals surface area contributed by atoms with Crippen LogP contribution in [-0.2, 0) is 4.74 Å². The maximum Gasteiger partial charge on any atom is 0.460 e. The highest BCUT2D eigenvalue weighted by Gasteiger charge is 2.44. The number of allylic oxidation sites excluding steroid dienone is 1. The molecule has 0 aromatic carbocycles. The van der Waals surface area contributed by atoms with E-state index in [-0.39, 0.29) is 0 Å². The molecule has 0 fully saturated rings. The lowest BCUT2D eigenvalue weighted by atomic mass is 10.5. The van der Waals surface area contributed by atoms with Crippen molar-refractivity contribution < 1.29 is 39.9 Å². The number of alkyl halides is 7. The second-order valence-corrected chi connectivity index (χ2v) is 1.94. The summed E-state index contributed by atoms with van der Waals surface area (Å²) in [6, 6.07) is 0. The van der Waals surface area contributed by atoms with Crippen molar-refractivity contribution in [3.8, 4) is 0 Å². The summed E-state index contributed by atoms with van der Waals surface area (Å²) >= 11 is 0. The van der Waals surface area contributed by atoms with Crippen LogP contribution in [0.4, 0.5) is 35.1 Å². The fourth-order valence-corrected chi connectivity index (χ4v) is 0.249. The fourth-order valence-electron chi connectivity index (χ4n) is 0.249. The standard InChI is InChI=1S/C5H2F8O/c6-2(4(9,10)11)1-14-5(12,13)3(7)8/h1,3H/b2-1-. The van der Waals surface area contributed by atoms with Crippen molar-refractivity contribution in [1.82, 2.24) is 0 Å². The second-order valence-electron chi connectivity index (χ2n) is 1.94. The lowest BCUT2D eigenvalue weighted by molar-refractivity contribution is -0.276. The lowest BCUT2D eigenvalue weighted by Gasteiger charge is -2.13. The number of ether oxygens (including phenoxy) is 1. The van der Waals surface area contributed by atoms with E-state index in [4.69, 9.17) is 0 Å². The minimum Gasteiger partial charge on any atom is -0.433 e. The van der Waals surface area contributed by atoms with Gasteiger partial charge in [-0.25, -0.2) is 0 Å². The van der Waals surface area contributed by atoms with Crippen molar-refractivity contribution in [3.05, 3.63) is 12.1 Å². The number of hydrogen-bond donors (Lipinski definition) is 0. The average Bonchev–Trinajstić information content (AvgIpc) is 1.98. The van der Waals surface area contributed by atoms with Gasteiger partial charge in [-0.1, -0.05) is 0 Å². The molecule has 0 radical (unpaired) electrons. The van der Waals surface area contributed by atoms with Crippen molar-refractivity contribution in [2.24, 2.45) is 0 Å². The Morgan fingerprint density at radius 2 is 1.50 bits per heavy atom. The topological polar surface area (TPSA) is 9.23 Å². The van der Waals surface area contributed by atoms with Gasteiger partial charge in [-0.3, -0.25) is 0 Å². The van der Waals surface area contributed by atoms with Gasteiger partial charge in [0.2, 0.25) is 5.83 Å². The number of hydrogen-bond acceptors (Lipinski definition) is 1. The summed E-state index contributed by atoms with van der Waals surface area (Å²) in [5.41, 5.74) is 0. The van der Waals surface area contributed by atoms with E-state index in [1.54, 1.807) is 0 Å². The molecule has 0 bridgehead atoms. The zero-order valence-electron chi connectivity index (χ0n) is 6.09. The van der Waals surface area contributed by atoms with Crippen molar-refractivity contribution in [1.29, 1.82) is 0 Å². The first-order valence-corrected chi connectivity index (χ1v) is 2.84. The van der Waals surface area contributed by atoms with Gasteiger partial charge >= 0.3 is 18.7 Å². The summed E-state index contributed by atoms with van der Waals surface area (Å²) in [6.45, 7) is 0. The van der Waals surface area contributed by atoms with Crippen LogP contribution in [0.15, 0.2) is 12.1 Å². The number of halogens is 8. The van der Waals surface area contributed by atoms with E-state index in [1.807, 2.05) is 0 Å². The van der Waals surface area contributed by atoms with E-state index in [0.717, 1.165) is 0 Å². The molecule has 9 heteroatoms. The smallest absolute Gasteiger partial charge is 0.433 e. The molecule has 1 nitrogen and oxygen atoms in total. The number of rotatable bonds is 3. The first kappa shape index (κ1) is 13.0. The summed E-state index contributed by atoms with van der Waals surface area (Å²) in [5.74, 6) is -3.03. The van der Waals surface area contributed by atoms with E-state index < -0.39 is 30.8 Å². The molecule has 0 aliphatic heterocycles. The van der Waals surface area contributed by atoms with Crippen LogP contribution in [0.5, 0.6) is 0 Å². The molecule has 0 aromatic rings. The molecule has 14 heavy (non-hydrogen) atoms. The average molecular weight is 230 g/mol. The third-order valence-electron chi connectivity index (χ3n) is 0.844. The van der Waals surface area contributed by atoms with E-state index in [2.05, 4.69) is 4.74 Å².